The highest BCUT2D eigenvalue weighted by Gasteiger charge is 2.11. The molecule has 0 amide bonds. The maximum atomic E-state index is 4.03. The van der Waals surface area contributed by atoms with E-state index in [0.29, 0.717) is 11.8 Å². The van der Waals surface area contributed by atoms with Gasteiger partial charge in [0.1, 0.15) is 0 Å². The molecule has 0 saturated carbocycles. The molecule has 0 heteroatoms. The van der Waals surface area contributed by atoms with Gasteiger partial charge in [-0.1, -0.05) is 37.6 Å². The highest BCUT2D eigenvalue weighted by molar-refractivity contribution is 5.03. The van der Waals surface area contributed by atoms with Crippen molar-refractivity contribution in [3.05, 3.63) is 23.8 Å². The molecule has 0 aromatic rings. The molecule has 0 heterocycles. The van der Waals surface area contributed by atoms with Gasteiger partial charge in [-0.15, -0.1) is 0 Å². The molecule has 0 aromatic carbocycles. The van der Waals surface area contributed by atoms with Gasteiger partial charge in [-0.3, -0.25) is 0 Å². The smallest absolute Gasteiger partial charge is 0.0151 e. The Kier molecular flexibility index (Phi) is 4.96. The summed E-state index contributed by atoms with van der Waals surface area (Å²) in [5, 5.41) is 0. The summed E-state index contributed by atoms with van der Waals surface area (Å²) in [7, 11) is 0. The van der Waals surface area contributed by atoms with Gasteiger partial charge in [0.2, 0.25) is 0 Å². The van der Waals surface area contributed by atoms with Gasteiger partial charge in [-0.25, -0.2) is 0 Å². The van der Waals surface area contributed by atoms with Gasteiger partial charge >= 0.3 is 0 Å². The zero-order valence-corrected chi connectivity index (χ0v) is 9.15. The number of hydrogen-bond donors (Lipinski definition) is 0. The van der Waals surface area contributed by atoms with Crippen LogP contribution in [0.15, 0.2) is 23.8 Å². The Morgan fingerprint density at radius 2 is 1.75 bits per heavy atom. The van der Waals surface area contributed by atoms with Crippen molar-refractivity contribution in [1.29, 1.82) is 0 Å². The van der Waals surface area contributed by atoms with Crippen LogP contribution in [0.25, 0.3) is 0 Å². The summed E-state index contributed by atoms with van der Waals surface area (Å²) in [6.07, 6.45) is 3.45. The molecule has 0 aromatic heterocycles. The first kappa shape index (κ1) is 11.5. The first-order valence-electron chi connectivity index (χ1n) is 4.74. The van der Waals surface area contributed by atoms with Crippen LogP contribution in [0.2, 0.25) is 0 Å². The van der Waals surface area contributed by atoms with E-state index in [1.165, 1.54) is 11.1 Å². The molecule has 0 saturated heterocycles. The minimum Gasteiger partial charge on any atom is -0.0998 e. The number of allylic oxidation sites excluding steroid dienone is 3. The van der Waals surface area contributed by atoms with Crippen LogP contribution in [0, 0.1) is 11.8 Å². The van der Waals surface area contributed by atoms with E-state index < -0.39 is 0 Å². The Morgan fingerprint density at radius 1 is 1.25 bits per heavy atom. The molecule has 0 bridgehead atoms. The van der Waals surface area contributed by atoms with Crippen LogP contribution in [0.1, 0.15) is 41.0 Å². The van der Waals surface area contributed by atoms with Gasteiger partial charge in [0, 0.05) is 0 Å². The average molecular weight is 166 g/mol. The van der Waals surface area contributed by atoms with Crippen molar-refractivity contribution in [2.24, 2.45) is 11.8 Å². The monoisotopic (exact) mass is 166 g/mol. The summed E-state index contributed by atoms with van der Waals surface area (Å²) in [6, 6.07) is 0. The molecule has 0 aliphatic rings. The Morgan fingerprint density at radius 3 is 2.00 bits per heavy atom. The molecule has 0 rings (SSSR count). The second-order valence-corrected chi connectivity index (χ2v) is 4.21. The van der Waals surface area contributed by atoms with Gasteiger partial charge in [0.05, 0.1) is 0 Å². The number of rotatable bonds is 4. The highest BCUT2D eigenvalue weighted by atomic mass is 14.2. The van der Waals surface area contributed by atoms with E-state index in [2.05, 4.69) is 47.3 Å². The van der Waals surface area contributed by atoms with Crippen LogP contribution in [-0.4, -0.2) is 0 Å². The quantitative estimate of drug-likeness (QED) is 0.549. The van der Waals surface area contributed by atoms with Crippen LogP contribution in [0.3, 0.4) is 0 Å². The molecule has 0 radical (unpaired) electrons. The standard InChI is InChI=1S/C12H22/c1-9(2)7-8-12(10(3)4)11(5)6/h7,11-12H,3,8H2,1-2,4-6H3. The molecule has 0 N–H and O–H groups in total. The van der Waals surface area contributed by atoms with Crippen molar-refractivity contribution in [3.8, 4) is 0 Å². The molecule has 0 aliphatic heterocycles. The predicted octanol–water partition coefficient (Wildman–Crippen LogP) is 4.19. The predicted molar refractivity (Wildman–Crippen MR) is 57.2 cm³/mol. The van der Waals surface area contributed by atoms with Crippen LogP contribution < -0.4 is 0 Å². The molecule has 0 spiro atoms. The van der Waals surface area contributed by atoms with E-state index >= 15 is 0 Å². The zero-order valence-electron chi connectivity index (χ0n) is 9.15. The topological polar surface area (TPSA) is 0 Å². The van der Waals surface area contributed by atoms with Gasteiger partial charge < -0.3 is 0 Å². The van der Waals surface area contributed by atoms with Crippen LogP contribution in [-0.2, 0) is 0 Å². The van der Waals surface area contributed by atoms with Gasteiger partial charge in [-0.2, -0.15) is 0 Å². The third-order valence-corrected chi connectivity index (χ3v) is 2.22. The molecule has 0 fully saturated rings. The highest BCUT2D eigenvalue weighted by Crippen LogP contribution is 2.23. The largest absolute Gasteiger partial charge is 0.0998 e. The van der Waals surface area contributed by atoms with E-state index in [-0.39, 0.29) is 0 Å². The summed E-state index contributed by atoms with van der Waals surface area (Å²) in [4.78, 5) is 0. The zero-order chi connectivity index (χ0) is 9.72. The third kappa shape index (κ3) is 4.38. The third-order valence-electron chi connectivity index (χ3n) is 2.22. The summed E-state index contributed by atoms with van der Waals surface area (Å²) in [5.41, 5.74) is 2.71. The normalized spacial score (nSPS) is 12.8. The molecule has 12 heavy (non-hydrogen) atoms. The van der Waals surface area contributed by atoms with Gasteiger partial charge in [-0.05, 0) is 39.0 Å². The lowest BCUT2D eigenvalue weighted by atomic mass is 9.86. The maximum Gasteiger partial charge on any atom is -0.0151 e. The molecule has 0 nitrogen and oxygen atoms in total. The van der Waals surface area contributed by atoms with E-state index in [0.717, 1.165) is 6.42 Å². The minimum absolute atomic E-state index is 0.653. The Balaban J connectivity index is 4.15. The van der Waals surface area contributed by atoms with E-state index in [9.17, 15) is 0 Å². The van der Waals surface area contributed by atoms with Crippen LogP contribution in [0.4, 0.5) is 0 Å². The molecule has 1 atom stereocenters. The fourth-order valence-electron chi connectivity index (χ4n) is 1.41. The summed E-state index contributed by atoms with van der Waals surface area (Å²) >= 11 is 0. The minimum atomic E-state index is 0.653. The summed E-state index contributed by atoms with van der Waals surface area (Å²) in [6.45, 7) is 15.0. The molecular weight excluding hydrogens is 144 g/mol. The van der Waals surface area contributed by atoms with Crippen LogP contribution in [0.5, 0.6) is 0 Å². The van der Waals surface area contributed by atoms with Crippen molar-refractivity contribution in [3.63, 3.8) is 0 Å². The second-order valence-electron chi connectivity index (χ2n) is 4.21. The lowest BCUT2D eigenvalue weighted by Crippen LogP contribution is -2.08. The Bertz CT molecular complexity index is 168. The summed E-state index contributed by atoms with van der Waals surface area (Å²) < 4.78 is 0. The van der Waals surface area contributed by atoms with Crippen molar-refractivity contribution < 1.29 is 0 Å². The first-order valence-corrected chi connectivity index (χ1v) is 4.74. The van der Waals surface area contributed by atoms with Crippen LogP contribution >= 0.6 is 0 Å². The van der Waals surface area contributed by atoms with E-state index in [4.69, 9.17) is 0 Å². The van der Waals surface area contributed by atoms with E-state index in [1.54, 1.807) is 0 Å². The Labute approximate surface area is 77.4 Å². The SMILES string of the molecule is C=C(C)C(CC=C(C)C)C(C)C. The molecule has 70 valence electrons. The van der Waals surface area contributed by atoms with Crippen molar-refractivity contribution >= 4 is 0 Å². The first-order chi connectivity index (χ1) is 5.45. The Hall–Kier alpha value is -0.520. The fourth-order valence-corrected chi connectivity index (χ4v) is 1.41. The summed E-state index contributed by atoms with van der Waals surface area (Å²) in [5.74, 6) is 1.36. The van der Waals surface area contributed by atoms with Crippen molar-refractivity contribution in [2.75, 3.05) is 0 Å². The van der Waals surface area contributed by atoms with Crippen molar-refractivity contribution in [2.45, 2.75) is 41.0 Å². The second kappa shape index (κ2) is 5.18. The maximum absolute atomic E-state index is 4.03. The lowest BCUT2D eigenvalue weighted by molar-refractivity contribution is 0.447. The molecular formula is C12H22. The molecule has 0 aliphatic carbocycles. The average Bonchev–Trinajstić information content (AvgIpc) is 1.84. The van der Waals surface area contributed by atoms with Gasteiger partial charge in [0.25, 0.3) is 0 Å². The molecule has 1 unspecified atom stereocenters. The van der Waals surface area contributed by atoms with E-state index in [1.807, 2.05) is 0 Å². The fraction of sp³-hybridized carbons (Fsp3) is 0.667. The number of hydrogen-bond acceptors (Lipinski definition) is 0. The van der Waals surface area contributed by atoms with Gasteiger partial charge in [0.15, 0.2) is 0 Å². The van der Waals surface area contributed by atoms with Crippen molar-refractivity contribution in [1.82, 2.24) is 0 Å². The lowest BCUT2D eigenvalue weighted by Gasteiger charge is -2.19.